The molecule has 4 aromatic rings. The molecule has 0 spiro atoms. The van der Waals surface area contributed by atoms with E-state index in [1.54, 1.807) is 12.1 Å². The van der Waals surface area contributed by atoms with Crippen molar-refractivity contribution in [3.63, 3.8) is 0 Å². The minimum absolute atomic E-state index is 0.0154. The van der Waals surface area contributed by atoms with Crippen LogP contribution in [0.15, 0.2) is 79.0 Å². The Morgan fingerprint density at radius 1 is 0.403 bits per heavy atom. The number of hydrogen-bond acceptors (Lipinski definition) is 18. The lowest BCUT2D eigenvalue weighted by Gasteiger charge is -2.43. The smallest absolute Gasteiger partial charge is 0.213 e. The van der Waals surface area contributed by atoms with Crippen LogP contribution < -0.4 is 55.6 Å². The number of rotatable bonds is 35. The van der Waals surface area contributed by atoms with Crippen molar-refractivity contribution in [3.05, 3.63) is 107 Å². The van der Waals surface area contributed by atoms with Gasteiger partial charge in [-0.25, -0.2) is 13.8 Å². The van der Waals surface area contributed by atoms with Crippen molar-refractivity contribution in [2.24, 2.45) is 17.8 Å². The molecule has 3 aromatic carbocycles. The fraction of sp³-hybridized carbons (Fsp3) is 0.747. The fourth-order valence-electron chi connectivity index (χ4n) is 16.2. The highest BCUT2D eigenvalue weighted by molar-refractivity contribution is 5.82. The SMILES string of the molecule is CC(C)CN1CCC(OC2CC(NC(C)(C)C)C2)CC1.CC(C)NC1CC(OC2CCN(CC(=O)C(C)C)CC2)C1.CC(C)NC1CC(Oc2cc(C(C)C)ccn2)C1.CC(C)NC1CC(Oc2cc(F)cc(C(C)C)c2)C1.CC(C)NC1CC(Oc2cc(F)cc(OCC(=O)C(C)C)c2)C1.CC(C)NC1CC(Oc2cccc(C(C)C)c2)C1. The molecule has 2 saturated heterocycles. The molecule has 0 atom stereocenters. The molecule has 0 bridgehead atoms. The van der Waals surface area contributed by atoms with Gasteiger partial charge in [0.15, 0.2) is 5.78 Å². The van der Waals surface area contributed by atoms with Crippen molar-refractivity contribution < 1.29 is 51.5 Å². The lowest BCUT2D eigenvalue weighted by atomic mass is 9.87. The number of likely N-dealkylation sites (tertiary alicyclic amines) is 2. The molecule has 18 nitrogen and oxygen atoms in total. The molecule has 2 aliphatic heterocycles. The van der Waals surface area contributed by atoms with E-state index in [1.807, 2.05) is 40.0 Å². The zero-order valence-corrected chi connectivity index (χ0v) is 78.5. The Labute approximate surface area is 720 Å². The number of Topliss-reactive ketones (excluding diaryl/α,β-unsaturated/α-hetero) is 2. The molecular weight excluding hydrogens is 1500 g/mol. The third-order valence-electron chi connectivity index (χ3n) is 23.1. The van der Waals surface area contributed by atoms with Gasteiger partial charge in [-0.15, -0.1) is 0 Å². The normalized spacial score (nSPS) is 24.6. The summed E-state index contributed by atoms with van der Waals surface area (Å²) < 4.78 is 68.6. The Hall–Kier alpha value is -5.39. The number of nitrogens with one attached hydrogen (secondary N) is 6. The molecular formula is C99H165F2N9O9. The topological polar surface area (TPSA) is 190 Å². The number of hydrogen-bond donors (Lipinski definition) is 6. The zero-order valence-electron chi connectivity index (χ0n) is 78.5. The summed E-state index contributed by atoms with van der Waals surface area (Å²) in [4.78, 5) is 32.5. The summed E-state index contributed by atoms with van der Waals surface area (Å²) in [6.45, 7) is 59.8. The molecule has 0 unspecified atom stereocenters. The maximum atomic E-state index is 13.7. The molecule has 20 heteroatoms. The van der Waals surface area contributed by atoms with Gasteiger partial charge < -0.3 is 70.0 Å². The minimum atomic E-state index is -0.425. The van der Waals surface area contributed by atoms with Gasteiger partial charge in [-0.3, -0.25) is 14.5 Å². The number of aromatic nitrogens is 1. The third-order valence-corrected chi connectivity index (χ3v) is 23.1. The second-order valence-electron chi connectivity index (χ2n) is 40.2. The van der Waals surface area contributed by atoms with Gasteiger partial charge in [-0.05, 0) is 194 Å². The van der Waals surface area contributed by atoms with Gasteiger partial charge in [0.2, 0.25) is 5.88 Å². The Kier molecular flexibility index (Phi) is 42.3. The standard InChI is InChI=1S/C18H26FNO3.C17H32N2O2.C17H34N2O.C16H24FNO.C16H25NO.C15H24N2O/c1-11(2)18(21)10-22-15-5-13(19)6-16(9-15)23-17-7-14(8-17)20-12(3)4;1-12(2)17(20)11-19-7-5-15(6-8-19)21-16-9-14(10-16)18-13(3)4;1-13(2)12-19-8-6-15(7-9-19)20-16-10-14(11-16)18-17(3,4)5;1-10(2)12-5-13(17)7-15(6-12)19-16-8-14(9-16)18-11(3)4;1-11(2)13-6-5-7-15(8-13)18-16-9-14(10-16)17-12(3)4;1-10(2)12-5-6-16-15(7-12)18-14-8-13(9-14)17-11(3)4/h5-6,9,11-12,14,17,20H,7-8,10H2,1-4H3;12-16,18H,5-11H2,1-4H3;13-16,18H,6-12H2,1-5H3;5-7,10-11,14,16,18H,8-9H2,1-4H3;5-8,11-12,14,16-17H,9-10H2,1-4H3;5-7,10-11,13-14,17H,8-9H2,1-4H3. The van der Waals surface area contributed by atoms with E-state index in [1.165, 1.54) is 74.6 Å². The number of piperidine rings is 2. The fourth-order valence-corrected chi connectivity index (χ4v) is 16.2. The largest absolute Gasteiger partial charge is 0.490 e. The molecule has 6 saturated carbocycles. The number of benzene rings is 3. The van der Waals surface area contributed by atoms with Crippen molar-refractivity contribution >= 4 is 11.6 Å². The van der Waals surface area contributed by atoms with E-state index in [2.05, 4.69) is 228 Å². The Morgan fingerprint density at radius 3 is 1.18 bits per heavy atom. The first-order valence-corrected chi connectivity index (χ1v) is 46.5. The summed E-state index contributed by atoms with van der Waals surface area (Å²) in [5, 5.41) is 21.2. The summed E-state index contributed by atoms with van der Waals surface area (Å²) in [5.41, 5.74) is 3.86. The first-order valence-electron chi connectivity index (χ1n) is 46.5. The Morgan fingerprint density at radius 2 is 0.773 bits per heavy atom. The highest BCUT2D eigenvalue weighted by Gasteiger charge is 2.38. The van der Waals surface area contributed by atoms with Gasteiger partial charge in [-0.2, -0.15) is 0 Å². The van der Waals surface area contributed by atoms with Crippen LogP contribution in [0.25, 0.3) is 0 Å². The molecule has 6 aliphatic carbocycles. The van der Waals surface area contributed by atoms with E-state index in [0.29, 0.717) is 150 Å². The Bertz CT molecular complexity index is 3440. The lowest BCUT2D eigenvalue weighted by Crippen LogP contribution is -2.53. The van der Waals surface area contributed by atoms with Gasteiger partial charge in [0, 0.05) is 153 Å². The molecule has 119 heavy (non-hydrogen) atoms. The maximum Gasteiger partial charge on any atom is 0.213 e. The monoisotopic (exact) mass is 1660 g/mol. The molecule has 1 aromatic heterocycles. The second-order valence-corrected chi connectivity index (χ2v) is 40.2. The quantitative estimate of drug-likeness (QED) is 0.0255. The molecule has 8 fully saturated rings. The summed E-state index contributed by atoms with van der Waals surface area (Å²) in [6, 6.07) is 28.1. The first kappa shape index (κ1) is 101. The average molecular weight is 1660 g/mol. The first-order chi connectivity index (χ1) is 56.1. The summed E-state index contributed by atoms with van der Waals surface area (Å²) >= 11 is 0. The number of ketones is 2. The van der Waals surface area contributed by atoms with Crippen molar-refractivity contribution in [1.29, 1.82) is 0 Å². The van der Waals surface area contributed by atoms with Crippen molar-refractivity contribution in [3.8, 4) is 28.9 Å². The molecule has 0 radical (unpaired) electrons. The van der Waals surface area contributed by atoms with Crippen LogP contribution in [-0.2, 0) is 19.1 Å². The van der Waals surface area contributed by atoms with E-state index >= 15 is 0 Å². The van der Waals surface area contributed by atoms with Crippen LogP contribution in [0, 0.1) is 29.4 Å². The van der Waals surface area contributed by atoms with E-state index in [9.17, 15) is 18.4 Å². The molecule has 12 rings (SSSR count). The van der Waals surface area contributed by atoms with Gasteiger partial charge >= 0.3 is 0 Å². The highest BCUT2D eigenvalue weighted by atomic mass is 19.1. The minimum Gasteiger partial charge on any atom is -0.490 e. The third kappa shape index (κ3) is 38.7. The highest BCUT2D eigenvalue weighted by Crippen LogP contribution is 2.35. The number of ether oxygens (including phenoxy) is 7. The molecule has 6 N–H and O–H groups in total. The molecule has 3 heterocycles. The van der Waals surface area contributed by atoms with Crippen LogP contribution in [0.4, 0.5) is 8.78 Å². The number of carbonyl (C=O) groups excluding carboxylic acids is 2. The number of nitrogens with zero attached hydrogens (tertiary/aromatic N) is 3. The van der Waals surface area contributed by atoms with Crippen LogP contribution in [0.5, 0.6) is 28.9 Å². The van der Waals surface area contributed by atoms with E-state index in [-0.39, 0.29) is 47.8 Å². The maximum absolute atomic E-state index is 13.7. The predicted octanol–water partition coefficient (Wildman–Crippen LogP) is 19.3. The molecule has 0 amide bonds. The van der Waals surface area contributed by atoms with Gasteiger partial charge in [0.05, 0.1) is 31.0 Å². The van der Waals surface area contributed by atoms with E-state index < -0.39 is 5.82 Å². The van der Waals surface area contributed by atoms with Crippen LogP contribution in [0.1, 0.15) is 310 Å². The number of pyridine rings is 1. The van der Waals surface area contributed by atoms with Crippen LogP contribution in [-0.4, -0.2) is 193 Å². The van der Waals surface area contributed by atoms with Crippen molar-refractivity contribution in [1.82, 2.24) is 46.7 Å². The average Bonchev–Trinajstić information content (AvgIpc) is 0.806. The van der Waals surface area contributed by atoms with Crippen molar-refractivity contribution in [2.75, 3.05) is 45.9 Å². The Balaban J connectivity index is 0.000000197. The summed E-state index contributed by atoms with van der Waals surface area (Å²) in [6.07, 6.45) is 22.3. The predicted molar refractivity (Wildman–Crippen MR) is 484 cm³/mol. The van der Waals surface area contributed by atoms with Gasteiger partial charge in [0.25, 0.3) is 0 Å². The van der Waals surface area contributed by atoms with Crippen LogP contribution in [0.3, 0.4) is 0 Å². The van der Waals surface area contributed by atoms with E-state index in [0.717, 1.165) is 113 Å². The zero-order chi connectivity index (χ0) is 87.4. The van der Waals surface area contributed by atoms with Crippen LogP contribution >= 0.6 is 0 Å². The number of carbonyl (C=O) groups is 2. The van der Waals surface area contributed by atoms with Gasteiger partial charge in [0.1, 0.15) is 71.4 Å². The molecule has 8 aliphatic rings. The van der Waals surface area contributed by atoms with Gasteiger partial charge in [-0.1, -0.05) is 164 Å². The van der Waals surface area contributed by atoms with Crippen molar-refractivity contribution in [2.45, 2.75) is 414 Å². The van der Waals surface area contributed by atoms with Crippen LogP contribution in [0.2, 0.25) is 0 Å². The lowest BCUT2D eigenvalue weighted by molar-refractivity contribution is -0.125. The van der Waals surface area contributed by atoms with E-state index in [4.69, 9.17) is 33.2 Å². The second kappa shape index (κ2) is 49.9. The number of halogens is 2. The summed E-state index contributed by atoms with van der Waals surface area (Å²) in [7, 11) is 0. The summed E-state index contributed by atoms with van der Waals surface area (Å²) in [5.74, 6) is 5.17. The molecule has 674 valence electrons.